The molecule has 0 atom stereocenters. The molecule has 2 rings (SSSR count). The van der Waals surface area contributed by atoms with Crippen molar-refractivity contribution in [2.24, 2.45) is 0 Å². The van der Waals surface area contributed by atoms with E-state index in [1.807, 2.05) is 0 Å². The second-order valence-corrected chi connectivity index (χ2v) is 5.68. The van der Waals surface area contributed by atoms with Gasteiger partial charge in [-0.05, 0) is 36.4 Å². The first-order valence-electron chi connectivity index (χ1n) is 8.59. The highest BCUT2D eigenvalue weighted by atomic mass is 16.5. The number of Topliss-reactive ketones (excluding diaryl/α,β-unsaturated/α-hetero) is 1. The van der Waals surface area contributed by atoms with Crippen molar-refractivity contribution in [1.29, 1.82) is 0 Å². The molecule has 0 aliphatic rings. The molecule has 0 aromatic heterocycles. The lowest BCUT2D eigenvalue weighted by atomic mass is 10.1. The van der Waals surface area contributed by atoms with Crippen LogP contribution >= 0.6 is 0 Å². The van der Waals surface area contributed by atoms with E-state index in [1.165, 1.54) is 0 Å². The third-order valence-electron chi connectivity index (χ3n) is 3.72. The van der Waals surface area contributed by atoms with Crippen LogP contribution in [0.25, 0.3) is 0 Å². The molecule has 0 aliphatic heterocycles. The number of carbonyl (C=O) groups excluding carboxylic acids is 3. The average molecular weight is 366 g/mol. The maximum Gasteiger partial charge on any atom is 0.262 e. The fourth-order valence-electron chi connectivity index (χ4n) is 2.33. The summed E-state index contributed by atoms with van der Waals surface area (Å²) >= 11 is 0. The van der Waals surface area contributed by atoms with E-state index in [-0.39, 0.29) is 18.3 Å². The number of ketones is 1. The molecule has 2 N–H and O–H groups in total. The third-order valence-corrected chi connectivity index (χ3v) is 3.72. The minimum atomic E-state index is -0.396. The van der Waals surface area contributed by atoms with Crippen molar-refractivity contribution in [2.45, 2.75) is 13.3 Å². The first-order chi connectivity index (χ1) is 13.0. The summed E-state index contributed by atoms with van der Waals surface area (Å²) in [4.78, 5) is 35.9. The van der Waals surface area contributed by atoms with Crippen LogP contribution in [0.5, 0.6) is 5.75 Å². The molecule has 0 heterocycles. The van der Waals surface area contributed by atoms with Crippen molar-refractivity contribution >= 4 is 23.3 Å². The first-order valence-corrected chi connectivity index (χ1v) is 8.59. The zero-order valence-electron chi connectivity index (χ0n) is 15.2. The number of para-hydroxylation sites is 1. The summed E-state index contributed by atoms with van der Waals surface area (Å²) in [5.41, 5.74) is 1.36. The van der Waals surface area contributed by atoms with Crippen molar-refractivity contribution in [3.8, 4) is 5.75 Å². The van der Waals surface area contributed by atoms with Crippen molar-refractivity contribution in [2.75, 3.05) is 18.5 Å². The summed E-state index contributed by atoms with van der Waals surface area (Å²) in [6.07, 6.45) is 2.01. The van der Waals surface area contributed by atoms with E-state index in [1.54, 1.807) is 61.5 Å². The second-order valence-electron chi connectivity index (χ2n) is 5.68. The van der Waals surface area contributed by atoms with Gasteiger partial charge in [0.25, 0.3) is 11.8 Å². The van der Waals surface area contributed by atoms with E-state index >= 15 is 0 Å². The lowest BCUT2D eigenvalue weighted by Gasteiger charge is -2.11. The Kier molecular flexibility index (Phi) is 7.31. The molecule has 0 saturated heterocycles. The first kappa shape index (κ1) is 19.9. The summed E-state index contributed by atoms with van der Waals surface area (Å²) in [5.74, 6) is -0.170. The summed E-state index contributed by atoms with van der Waals surface area (Å²) < 4.78 is 5.44. The van der Waals surface area contributed by atoms with Gasteiger partial charge in [0.1, 0.15) is 5.75 Å². The van der Waals surface area contributed by atoms with Crippen LogP contribution in [0.4, 0.5) is 5.69 Å². The molecule has 0 bridgehead atoms. The number of anilines is 1. The zero-order chi connectivity index (χ0) is 19.6. The SMILES string of the molecule is C=CCNC(=O)c1ccccc1NC(=O)COc1ccc(C(=O)CC)cc1. The lowest BCUT2D eigenvalue weighted by Crippen LogP contribution is -2.26. The minimum Gasteiger partial charge on any atom is -0.484 e. The van der Waals surface area contributed by atoms with E-state index in [0.717, 1.165) is 0 Å². The van der Waals surface area contributed by atoms with E-state index < -0.39 is 5.91 Å². The predicted molar refractivity (Wildman–Crippen MR) is 104 cm³/mol. The fourth-order valence-corrected chi connectivity index (χ4v) is 2.33. The number of benzene rings is 2. The van der Waals surface area contributed by atoms with Crippen molar-refractivity contribution < 1.29 is 19.1 Å². The maximum atomic E-state index is 12.2. The van der Waals surface area contributed by atoms with Gasteiger partial charge in [0.15, 0.2) is 12.4 Å². The number of hydrogen-bond acceptors (Lipinski definition) is 4. The predicted octanol–water partition coefficient (Wildman–Crippen LogP) is 3.21. The van der Waals surface area contributed by atoms with Gasteiger partial charge in [0.05, 0.1) is 11.3 Å². The highest BCUT2D eigenvalue weighted by Crippen LogP contribution is 2.16. The van der Waals surface area contributed by atoms with Gasteiger partial charge in [-0.1, -0.05) is 25.1 Å². The van der Waals surface area contributed by atoms with Gasteiger partial charge in [-0.2, -0.15) is 0 Å². The quantitative estimate of drug-likeness (QED) is 0.527. The number of carbonyl (C=O) groups is 3. The zero-order valence-corrected chi connectivity index (χ0v) is 15.2. The Balaban J connectivity index is 1.95. The molecule has 0 unspecified atom stereocenters. The van der Waals surface area contributed by atoms with E-state index in [2.05, 4.69) is 17.2 Å². The Hall–Kier alpha value is -3.41. The Labute approximate surface area is 158 Å². The average Bonchev–Trinajstić information content (AvgIpc) is 2.70. The minimum absolute atomic E-state index is 0.0469. The van der Waals surface area contributed by atoms with Gasteiger partial charge in [-0.25, -0.2) is 0 Å². The molecule has 0 aliphatic carbocycles. The molecule has 0 fully saturated rings. The van der Waals surface area contributed by atoms with Gasteiger partial charge >= 0.3 is 0 Å². The topological polar surface area (TPSA) is 84.5 Å². The molecule has 0 spiro atoms. The number of amides is 2. The van der Waals surface area contributed by atoms with E-state index in [0.29, 0.717) is 35.5 Å². The fraction of sp³-hybridized carbons (Fsp3) is 0.190. The van der Waals surface area contributed by atoms with Crippen LogP contribution < -0.4 is 15.4 Å². The summed E-state index contributed by atoms with van der Waals surface area (Å²) in [6, 6.07) is 13.3. The lowest BCUT2D eigenvalue weighted by molar-refractivity contribution is -0.118. The number of rotatable bonds is 9. The number of ether oxygens (including phenoxy) is 1. The summed E-state index contributed by atoms with van der Waals surface area (Å²) in [6.45, 7) is 5.46. The van der Waals surface area contributed by atoms with Crippen LogP contribution in [0.1, 0.15) is 34.1 Å². The molecule has 2 aromatic carbocycles. The van der Waals surface area contributed by atoms with E-state index in [9.17, 15) is 14.4 Å². The molecule has 0 saturated carbocycles. The third kappa shape index (κ3) is 5.81. The maximum absolute atomic E-state index is 12.2. The monoisotopic (exact) mass is 366 g/mol. The van der Waals surface area contributed by atoms with Crippen molar-refractivity contribution in [3.63, 3.8) is 0 Å². The van der Waals surface area contributed by atoms with Crippen LogP contribution in [-0.2, 0) is 4.79 Å². The van der Waals surface area contributed by atoms with Crippen molar-refractivity contribution in [1.82, 2.24) is 5.32 Å². The molecular weight excluding hydrogens is 344 g/mol. The number of nitrogens with one attached hydrogen (secondary N) is 2. The highest BCUT2D eigenvalue weighted by molar-refractivity contribution is 6.04. The molecule has 0 radical (unpaired) electrons. The molecule has 140 valence electrons. The van der Waals surface area contributed by atoms with Gasteiger partial charge < -0.3 is 15.4 Å². The van der Waals surface area contributed by atoms with Crippen LogP contribution in [0.2, 0.25) is 0 Å². The van der Waals surface area contributed by atoms with Crippen LogP contribution in [0.15, 0.2) is 61.2 Å². The summed E-state index contributed by atoms with van der Waals surface area (Å²) in [5, 5.41) is 5.34. The molecule has 2 amide bonds. The smallest absolute Gasteiger partial charge is 0.262 e. The Morgan fingerprint density at radius 3 is 2.44 bits per heavy atom. The molecule has 6 nitrogen and oxygen atoms in total. The molecule has 2 aromatic rings. The normalized spacial score (nSPS) is 9.96. The van der Waals surface area contributed by atoms with Crippen molar-refractivity contribution in [3.05, 3.63) is 72.3 Å². The Bertz CT molecular complexity index is 828. The van der Waals surface area contributed by atoms with Gasteiger partial charge in [0, 0.05) is 18.5 Å². The largest absolute Gasteiger partial charge is 0.484 e. The molecule has 6 heteroatoms. The van der Waals surface area contributed by atoms with Crippen LogP contribution in [-0.4, -0.2) is 30.7 Å². The van der Waals surface area contributed by atoms with E-state index in [4.69, 9.17) is 4.74 Å². The van der Waals surface area contributed by atoms with Gasteiger partial charge in [-0.3, -0.25) is 14.4 Å². The Morgan fingerprint density at radius 2 is 1.78 bits per heavy atom. The van der Waals surface area contributed by atoms with Crippen LogP contribution in [0.3, 0.4) is 0 Å². The van der Waals surface area contributed by atoms with Crippen LogP contribution in [0, 0.1) is 0 Å². The Morgan fingerprint density at radius 1 is 1.07 bits per heavy atom. The van der Waals surface area contributed by atoms with Gasteiger partial charge in [0.2, 0.25) is 0 Å². The molecular formula is C21H22N2O4. The standard InChI is InChI=1S/C21H22N2O4/c1-3-13-22-21(26)17-7-5-6-8-18(17)23-20(25)14-27-16-11-9-15(10-12-16)19(24)4-2/h3,5-12H,1,4,13-14H2,2H3,(H,22,26)(H,23,25). The second kappa shape index (κ2) is 9.91. The highest BCUT2D eigenvalue weighted by Gasteiger charge is 2.13. The van der Waals surface area contributed by atoms with Gasteiger partial charge in [-0.15, -0.1) is 6.58 Å². The molecule has 27 heavy (non-hydrogen) atoms. The number of hydrogen-bond donors (Lipinski definition) is 2. The summed E-state index contributed by atoms with van der Waals surface area (Å²) in [7, 11) is 0.